The Bertz CT molecular complexity index is 533. The number of benzene rings is 1. The van der Waals surface area contributed by atoms with Crippen molar-refractivity contribution >= 4 is 40.7 Å². The van der Waals surface area contributed by atoms with Crippen LogP contribution < -0.4 is 10.2 Å². The molecule has 6 heteroatoms. The van der Waals surface area contributed by atoms with Gasteiger partial charge in [0, 0.05) is 0 Å². The highest BCUT2D eigenvalue weighted by atomic mass is 35.5. The number of anilines is 1. The zero-order valence-electron chi connectivity index (χ0n) is 10.6. The Morgan fingerprint density at radius 2 is 2.00 bits per heavy atom. The minimum Gasteiger partial charge on any atom is -0.343 e. The van der Waals surface area contributed by atoms with Gasteiger partial charge in [-0.3, -0.25) is 14.5 Å². The number of carbonyl (C=O) groups excluding carboxylic acids is 2. The first kappa shape index (κ1) is 14.2. The van der Waals surface area contributed by atoms with E-state index in [0.717, 1.165) is 0 Å². The lowest BCUT2D eigenvalue weighted by atomic mass is 10.0. The summed E-state index contributed by atoms with van der Waals surface area (Å²) >= 11 is 12.1. The molecule has 102 valence electrons. The Hall–Kier alpha value is -1.26. The fourth-order valence-corrected chi connectivity index (χ4v) is 2.57. The van der Waals surface area contributed by atoms with Gasteiger partial charge in [-0.05, 0) is 25.5 Å². The third kappa shape index (κ3) is 2.42. The molecule has 0 bridgehead atoms. The van der Waals surface area contributed by atoms with Crippen molar-refractivity contribution in [3.63, 3.8) is 0 Å². The number of nitrogens with one attached hydrogen (secondary N) is 1. The van der Waals surface area contributed by atoms with Gasteiger partial charge in [0.1, 0.15) is 12.1 Å². The lowest BCUT2D eigenvalue weighted by Crippen LogP contribution is -2.62. The first-order chi connectivity index (χ1) is 8.97. The van der Waals surface area contributed by atoms with Crippen LogP contribution in [0.5, 0.6) is 0 Å². The van der Waals surface area contributed by atoms with Crippen molar-refractivity contribution in [3.05, 3.63) is 28.2 Å². The molecule has 2 amide bonds. The van der Waals surface area contributed by atoms with Gasteiger partial charge in [-0.2, -0.15) is 0 Å². The molecule has 19 heavy (non-hydrogen) atoms. The maximum absolute atomic E-state index is 12.3. The first-order valence-electron chi connectivity index (χ1n) is 6.04. The summed E-state index contributed by atoms with van der Waals surface area (Å²) in [6, 6.07) is 3.93. The molecule has 2 unspecified atom stereocenters. The topological polar surface area (TPSA) is 49.4 Å². The second-order valence-electron chi connectivity index (χ2n) is 4.44. The zero-order chi connectivity index (χ0) is 14.2. The molecule has 0 radical (unpaired) electrons. The van der Waals surface area contributed by atoms with Gasteiger partial charge >= 0.3 is 0 Å². The molecule has 0 saturated carbocycles. The van der Waals surface area contributed by atoms with Crippen LogP contribution in [0.4, 0.5) is 5.69 Å². The van der Waals surface area contributed by atoms with E-state index in [1.54, 1.807) is 25.1 Å². The average molecular weight is 301 g/mol. The summed E-state index contributed by atoms with van der Waals surface area (Å²) in [4.78, 5) is 25.7. The quantitative estimate of drug-likeness (QED) is 0.913. The molecule has 1 aliphatic heterocycles. The molecule has 1 heterocycles. The monoisotopic (exact) mass is 300 g/mol. The van der Waals surface area contributed by atoms with E-state index in [-0.39, 0.29) is 16.8 Å². The molecule has 2 rings (SSSR count). The molecule has 0 aliphatic carbocycles. The van der Waals surface area contributed by atoms with E-state index in [1.807, 2.05) is 6.92 Å². The Kier molecular flexibility index (Phi) is 4.02. The predicted octanol–water partition coefficient (Wildman–Crippen LogP) is 2.62. The van der Waals surface area contributed by atoms with Crippen molar-refractivity contribution in [2.75, 3.05) is 4.90 Å². The molecule has 0 spiro atoms. The molecule has 1 N–H and O–H groups in total. The SMILES string of the molecule is CCC1C(=O)NC(C)C(=O)N1c1cccc(Cl)c1Cl. The van der Waals surface area contributed by atoms with Crippen LogP contribution in [-0.2, 0) is 9.59 Å². The van der Waals surface area contributed by atoms with Crippen LogP contribution in [0.15, 0.2) is 18.2 Å². The lowest BCUT2D eigenvalue weighted by molar-refractivity contribution is -0.133. The Labute approximate surface area is 121 Å². The third-order valence-electron chi connectivity index (χ3n) is 3.16. The molecule has 0 aromatic heterocycles. The summed E-state index contributed by atoms with van der Waals surface area (Å²) in [6.45, 7) is 3.50. The van der Waals surface area contributed by atoms with Gasteiger partial charge in [0.25, 0.3) is 0 Å². The fraction of sp³-hybridized carbons (Fsp3) is 0.385. The minimum absolute atomic E-state index is 0.175. The van der Waals surface area contributed by atoms with Gasteiger partial charge in [0.2, 0.25) is 11.8 Å². The number of piperazine rings is 1. The van der Waals surface area contributed by atoms with E-state index in [2.05, 4.69) is 5.32 Å². The highest BCUT2D eigenvalue weighted by Gasteiger charge is 2.39. The van der Waals surface area contributed by atoms with Crippen LogP contribution >= 0.6 is 23.2 Å². The summed E-state index contributed by atoms with van der Waals surface area (Å²) in [5.74, 6) is -0.360. The Morgan fingerprint density at radius 3 is 2.63 bits per heavy atom. The molecular weight excluding hydrogens is 287 g/mol. The molecule has 2 atom stereocenters. The second-order valence-corrected chi connectivity index (χ2v) is 5.22. The van der Waals surface area contributed by atoms with E-state index in [1.165, 1.54) is 4.90 Å². The van der Waals surface area contributed by atoms with Crippen LogP contribution in [0.25, 0.3) is 0 Å². The smallest absolute Gasteiger partial charge is 0.250 e. The molecule has 1 aliphatic rings. The van der Waals surface area contributed by atoms with Gasteiger partial charge in [-0.15, -0.1) is 0 Å². The Balaban J connectivity index is 2.52. The maximum Gasteiger partial charge on any atom is 0.250 e. The fourth-order valence-electron chi connectivity index (χ4n) is 2.18. The third-order valence-corrected chi connectivity index (χ3v) is 3.97. The van der Waals surface area contributed by atoms with Gasteiger partial charge < -0.3 is 5.32 Å². The van der Waals surface area contributed by atoms with Crippen molar-refractivity contribution in [1.82, 2.24) is 5.32 Å². The molecular formula is C13H14Cl2N2O2. The van der Waals surface area contributed by atoms with Gasteiger partial charge in [0.05, 0.1) is 15.7 Å². The summed E-state index contributed by atoms with van der Waals surface area (Å²) < 4.78 is 0. The molecule has 1 fully saturated rings. The van der Waals surface area contributed by atoms with E-state index in [4.69, 9.17) is 23.2 Å². The zero-order valence-corrected chi connectivity index (χ0v) is 12.1. The number of halogens is 2. The molecule has 1 saturated heterocycles. The Morgan fingerprint density at radius 1 is 1.32 bits per heavy atom. The lowest BCUT2D eigenvalue weighted by Gasteiger charge is -2.37. The van der Waals surface area contributed by atoms with Crippen LogP contribution in [-0.4, -0.2) is 23.9 Å². The molecule has 1 aromatic carbocycles. The summed E-state index contributed by atoms with van der Waals surface area (Å²) in [5, 5.41) is 3.31. The average Bonchev–Trinajstić information content (AvgIpc) is 2.37. The highest BCUT2D eigenvalue weighted by molar-refractivity contribution is 6.44. The number of nitrogens with zero attached hydrogens (tertiary/aromatic N) is 1. The highest BCUT2D eigenvalue weighted by Crippen LogP contribution is 2.35. The maximum atomic E-state index is 12.3. The second kappa shape index (κ2) is 5.39. The van der Waals surface area contributed by atoms with E-state index in [0.29, 0.717) is 17.1 Å². The van der Waals surface area contributed by atoms with Gasteiger partial charge in [0.15, 0.2) is 0 Å². The van der Waals surface area contributed by atoms with Crippen LogP contribution in [0.2, 0.25) is 10.0 Å². The van der Waals surface area contributed by atoms with Crippen molar-refractivity contribution < 1.29 is 9.59 Å². The summed E-state index contributed by atoms with van der Waals surface area (Å²) in [6.07, 6.45) is 0.507. The number of hydrogen-bond acceptors (Lipinski definition) is 2. The van der Waals surface area contributed by atoms with Crippen LogP contribution in [0.3, 0.4) is 0 Å². The van der Waals surface area contributed by atoms with Crippen LogP contribution in [0.1, 0.15) is 20.3 Å². The molecule has 1 aromatic rings. The number of rotatable bonds is 2. The standard InChI is InChI=1S/C13H14Cl2N2O2/c1-3-9-12(18)16-7(2)13(19)17(9)10-6-4-5-8(14)11(10)15/h4-7,9H,3H2,1-2H3,(H,16,18). The molecule has 4 nitrogen and oxygen atoms in total. The number of hydrogen-bond donors (Lipinski definition) is 1. The van der Waals surface area contributed by atoms with Crippen molar-refractivity contribution in [3.8, 4) is 0 Å². The van der Waals surface area contributed by atoms with Gasteiger partial charge in [-0.1, -0.05) is 36.2 Å². The summed E-state index contributed by atoms with van der Waals surface area (Å²) in [7, 11) is 0. The van der Waals surface area contributed by atoms with E-state index in [9.17, 15) is 9.59 Å². The number of amides is 2. The van der Waals surface area contributed by atoms with Crippen molar-refractivity contribution in [2.24, 2.45) is 0 Å². The van der Waals surface area contributed by atoms with E-state index >= 15 is 0 Å². The van der Waals surface area contributed by atoms with Crippen molar-refractivity contribution in [2.45, 2.75) is 32.4 Å². The van der Waals surface area contributed by atoms with Crippen LogP contribution in [0, 0.1) is 0 Å². The number of carbonyl (C=O) groups is 2. The van der Waals surface area contributed by atoms with Crippen molar-refractivity contribution in [1.29, 1.82) is 0 Å². The van der Waals surface area contributed by atoms with E-state index < -0.39 is 12.1 Å². The normalized spacial score (nSPS) is 23.5. The predicted molar refractivity (Wildman–Crippen MR) is 75.6 cm³/mol. The summed E-state index contributed by atoms with van der Waals surface area (Å²) in [5.41, 5.74) is 0.479. The van der Waals surface area contributed by atoms with Gasteiger partial charge in [-0.25, -0.2) is 0 Å². The largest absolute Gasteiger partial charge is 0.343 e. The first-order valence-corrected chi connectivity index (χ1v) is 6.80. The minimum atomic E-state index is -0.564.